The molecule has 0 spiro atoms. The van der Waals surface area contributed by atoms with Crippen LogP contribution in [0.1, 0.15) is 39.0 Å². The summed E-state index contributed by atoms with van der Waals surface area (Å²) in [5, 5.41) is 18.7. The molecule has 1 aromatic carbocycles. The highest BCUT2D eigenvalue weighted by atomic mass is 15.3. The minimum atomic E-state index is -0.357. The van der Waals surface area contributed by atoms with Crippen LogP contribution < -0.4 is 5.32 Å². The van der Waals surface area contributed by atoms with Gasteiger partial charge in [0.15, 0.2) is 0 Å². The molecule has 1 aliphatic rings. The molecule has 110 valence electrons. The normalized spacial score (nSPS) is 17.5. The van der Waals surface area contributed by atoms with Gasteiger partial charge in [0.1, 0.15) is 5.54 Å². The summed E-state index contributed by atoms with van der Waals surface area (Å²) < 4.78 is 2.05. The van der Waals surface area contributed by atoms with E-state index in [2.05, 4.69) is 35.5 Å². The van der Waals surface area contributed by atoms with Gasteiger partial charge in [0.25, 0.3) is 0 Å². The van der Waals surface area contributed by atoms with Crippen LogP contribution in [0.5, 0.6) is 0 Å². The minimum Gasteiger partial charge on any atom is -0.297 e. The standard InChI is InChI=1S/C17H22N4/c1-2-17(13-18,20-15-8-9-15)10-5-11-21-16-7-4-3-6-14(16)12-19-21/h3-4,6-7,12,15,20H,2,5,8-11H2,1H3. The fourth-order valence-electron chi connectivity index (χ4n) is 2.87. The Morgan fingerprint density at radius 2 is 2.24 bits per heavy atom. The quantitative estimate of drug-likeness (QED) is 0.848. The van der Waals surface area contributed by atoms with E-state index in [-0.39, 0.29) is 5.54 Å². The Hall–Kier alpha value is -1.86. The fourth-order valence-corrected chi connectivity index (χ4v) is 2.87. The molecule has 0 saturated heterocycles. The van der Waals surface area contributed by atoms with Crippen LogP contribution in [-0.4, -0.2) is 21.4 Å². The number of nitrogens with one attached hydrogen (secondary N) is 1. The lowest BCUT2D eigenvalue weighted by Gasteiger charge is -2.26. The van der Waals surface area contributed by atoms with E-state index in [1.54, 1.807) is 0 Å². The van der Waals surface area contributed by atoms with Gasteiger partial charge in [0, 0.05) is 18.0 Å². The predicted molar refractivity (Wildman–Crippen MR) is 83.8 cm³/mol. The summed E-state index contributed by atoms with van der Waals surface area (Å²) in [5.74, 6) is 0. The molecule has 1 aromatic heterocycles. The second-order valence-electron chi connectivity index (χ2n) is 6.00. The van der Waals surface area contributed by atoms with Gasteiger partial charge >= 0.3 is 0 Å². The van der Waals surface area contributed by atoms with Crippen LogP contribution >= 0.6 is 0 Å². The summed E-state index contributed by atoms with van der Waals surface area (Å²) in [6.07, 6.45) is 7.05. The van der Waals surface area contributed by atoms with Crippen molar-refractivity contribution in [1.29, 1.82) is 5.26 Å². The van der Waals surface area contributed by atoms with Crippen LogP contribution in [0.3, 0.4) is 0 Å². The summed E-state index contributed by atoms with van der Waals surface area (Å²) in [6.45, 7) is 2.96. The van der Waals surface area contributed by atoms with E-state index in [9.17, 15) is 5.26 Å². The smallest absolute Gasteiger partial charge is 0.106 e. The van der Waals surface area contributed by atoms with Crippen LogP contribution in [0, 0.1) is 11.3 Å². The molecule has 2 aromatic rings. The van der Waals surface area contributed by atoms with Crippen LogP contribution in [0.25, 0.3) is 10.9 Å². The van der Waals surface area contributed by atoms with Gasteiger partial charge in [0.2, 0.25) is 0 Å². The van der Waals surface area contributed by atoms with Crippen molar-refractivity contribution in [2.75, 3.05) is 0 Å². The Kier molecular flexibility index (Phi) is 3.94. The number of benzene rings is 1. The van der Waals surface area contributed by atoms with Crippen LogP contribution in [0.15, 0.2) is 30.5 Å². The third kappa shape index (κ3) is 3.08. The topological polar surface area (TPSA) is 53.6 Å². The van der Waals surface area contributed by atoms with Crippen molar-refractivity contribution in [3.63, 3.8) is 0 Å². The number of hydrogen-bond donors (Lipinski definition) is 1. The van der Waals surface area contributed by atoms with Gasteiger partial charge < -0.3 is 0 Å². The van der Waals surface area contributed by atoms with Crippen LogP contribution in [0.4, 0.5) is 0 Å². The fraction of sp³-hybridized carbons (Fsp3) is 0.529. The molecule has 0 radical (unpaired) electrons. The summed E-state index contributed by atoms with van der Waals surface area (Å²) in [7, 11) is 0. The van der Waals surface area contributed by atoms with E-state index in [0.29, 0.717) is 6.04 Å². The molecule has 4 heteroatoms. The molecule has 0 amide bonds. The molecule has 3 rings (SSSR count). The summed E-state index contributed by atoms with van der Waals surface area (Å²) >= 11 is 0. The summed E-state index contributed by atoms with van der Waals surface area (Å²) in [5.41, 5.74) is 0.816. The van der Waals surface area contributed by atoms with Crippen molar-refractivity contribution in [2.24, 2.45) is 0 Å². The average molecular weight is 282 g/mol. The zero-order valence-electron chi connectivity index (χ0n) is 12.5. The van der Waals surface area contributed by atoms with Crippen molar-refractivity contribution >= 4 is 10.9 Å². The maximum absolute atomic E-state index is 9.55. The van der Waals surface area contributed by atoms with E-state index in [4.69, 9.17) is 0 Å². The lowest BCUT2D eigenvalue weighted by Crippen LogP contribution is -2.44. The van der Waals surface area contributed by atoms with E-state index in [1.807, 2.05) is 23.0 Å². The Balaban J connectivity index is 1.63. The molecule has 1 atom stereocenters. The van der Waals surface area contributed by atoms with E-state index in [1.165, 1.54) is 23.7 Å². The number of aromatic nitrogens is 2. The first-order valence-corrected chi connectivity index (χ1v) is 7.86. The lowest BCUT2D eigenvalue weighted by molar-refractivity contribution is 0.349. The predicted octanol–water partition coefficient (Wildman–Crippen LogP) is 3.24. The van der Waals surface area contributed by atoms with Crippen LogP contribution in [0.2, 0.25) is 0 Å². The zero-order valence-corrected chi connectivity index (χ0v) is 12.5. The van der Waals surface area contributed by atoms with Crippen LogP contribution in [-0.2, 0) is 6.54 Å². The maximum atomic E-state index is 9.55. The van der Waals surface area contributed by atoms with Crippen molar-refractivity contribution in [3.8, 4) is 6.07 Å². The SMILES string of the molecule is CCC(C#N)(CCCn1ncc2ccccc21)NC1CC1. The molecule has 1 fully saturated rings. The monoisotopic (exact) mass is 282 g/mol. The van der Waals surface area contributed by atoms with Gasteiger partial charge in [-0.25, -0.2) is 0 Å². The van der Waals surface area contributed by atoms with Gasteiger partial charge in [0.05, 0.1) is 17.8 Å². The molecule has 1 saturated carbocycles. The number of rotatable bonds is 7. The zero-order chi connectivity index (χ0) is 14.7. The van der Waals surface area contributed by atoms with E-state index >= 15 is 0 Å². The molecular weight excluding hydrogens is 260 g/mol. The molecule has 0 bridgehead atoms. The Morgan fingerprint density at radius 1 is 1.43 bits per heavy atom. The highest BCUT2D eigenvalue weighted by Gasteiger charge is 2.34. The molecular formula is C17H22N4. The largest absolute Gasteiger partial charge is 0.297 e. The summed E-state index contributed by atoms with van der Waals surface area (Å²) in [6, 6.07) is 11.3. The molecule has 21 heavy (non-hydrogen) atoms. The van der Waals surface area contributed by atoms with Gasteiger partial charge in [-0.15, -0.1) is 0 Å². The maximum Gasteiger partial charge on any atom is 0.106 e. The van der Waals surface area contributed by atoms with Gasteiger partial charge in [-0.05, 0) is 38.2 Å². The first-order valence-electron chi connectivity index (χ1n) is 7.86. The third-order valence-corrected chi connectivity index (χ3v) is 4.40. The minimum absolute atomic E-state index is 0.357. The van der Waals surface area contributed by atoms with Crippen molar-refractivity contribution < 1.29 is 0 Å². The first kappa shape index (κ1) is 14.1. The Labute approximate surface area is 125 Å². The molecule has 0 aliphatic heterocycles. The van der Waals surface area contributed by atoms with Gasteiger partial charge in [-0.1, -0.05) is 25.1 Å². The highest BCUT2D eigenvalue weighted by Crippen LogP contribution is 2.27. The van der Waals surface area contributed by atoms with Crippen molar-refractivity contribution in [2.45, 2.75) is 57.2 Å². The molecule has 1 aliphatic carbocycles. The Bertz CT molecular complexity index is 650. The number of nitrogens with zero attached hydrogens (tertiary/aromatic N) is 3. The first-order chi connectivity index (χ1) is 10.3. The van der Waals surface area contributed by atoms with Crippen molar-refractivity contribution in [1.82, 2.24) is 15.1 Å². The number of hydrogen-bond acceptors (Lipinski definition) is 3. The second-order valence-corrected chi connectivity index (χ2v) is 6.00. The molecule has 1 unspecified atom stereocenters. The molecule has 1 N–H and O–H groups in total. The van der Waals surface area contributed by atoms with Gasteiger partial charge in [-0.2, -0.15) is 10.4 Å². The Morgan fingerprint density at radius 3 is 2.95 bits per heavy atom. The third-order valence-electron chi connectivity index (χ3n) is 4.40. The average Bonchev–Trinajstić information content (AvgIpc) is 3.25. The number of para-hydroxylation sites is 1. The number of aryl methyl sites for hydroxylation is 1. The van der Waals surface area contributed by atoms with Gasteiger partial charge in [-0.3, -0.25) is 10.00 Å². The molecule has 1 heterocycles. The summed E-state index contributed by atoms with van der Waals surface area (Å²) in [4.78, 5) is 0. The van der Waals surface area contributed by atoms with Crippen molar-refractivity contribution in [3.05, 3.63) is 30.5 Å². The second kappa shape index (κ2) is 5.87. The van der Waals surface area contributed by atoms with E-state index in [0.717, 1.165) is 25.8 Å². The van der Waals surface area contributed by atoms with E-state index < -0.39 is 0 Å². The molecule has 4 nitrogen and oxygen atoms in total. The number of fused-ring (bicyclic) bond motifs is 1. The lowest BCUT2D eigenvalue weighted by atomic mass is 9.92. The highest BCUT2D eigenvalue weighted by molar-refractivity contribution is 5.78. The number of nitriles is 1.